The third-order valence-electron chi connectivity index (χ3n) is 3.79. The van der Waals surface area contributed by atoms with Crippen molar-refractivity contribution >= 4 is 5.91 Å². The summed E-state index contributed by atoms with van der Waals surface area (Å²) >= 11 is 0. The van der Waals surface area contributed by atoms with Crippen molar-refractivity contribution in [1.29, 1.82) is 0 Å². The van der Waals surface area contributed by atoms with E-state index in [-0.39, 0.29) is 24.7 Å². The number of rotatable bonds is 5. The van der Waals surface area contributed by atoms with Crippen molar-refractivity contribution in [3.63, 3.8) is 0 Å². The molecular formula is C12H22N2O3. The standard InChI is InChI=1S/C12H22N2O3/c13-8-10-4-5-11(17-10)12(16)14(6-7-15)9-2-1-3-9/h9-11,15H,1-8,13H2. The molecule has 2 atom stereocenters. The van der Waals surface area contributed by atoms with Crippen molar-refractivity contribution in [1.82, 2.24) is 4.90 Å². The average molecular weight is 242 g/mol. The van der Waals surface area contributed by atoms with Crippen LogP contribution in [0.4, 0.5) is 0 Å². The molecule has 2 unspecified atom stereocenters. The lowest BCUT2D eigenvalue weighted by Gasteiger charge is -2.38. The SMILES string of the molecule is NCC1CCC(C(=O)N(CCO)C2CCC2)O1. The van der Waals surface area contributed by atoms with Crippen LogP contribution in [0.1, 0.15) is 32.1 Å². The summed E-state index contributed by atoms with van der Waals surface area (Å²) in [7, 11) is 0. The van der Waals surface area contributed by atoms with Gasteiger partial charge in [-0.1, -0.05) is 0 Å². The van der Waals surface area contributed by atoms with Crippen LogP contribution in [0.5, 0.6) is 0 Å². The molecule has 1 aliphatic heterocycles. The van der Waals surface area contributed by atoms with Crippen LogP contribution in [0.3, 0.4) is 0 Å². The smallest absolute Gasteiger partial charge is 0.252 e. The van der Waals surface area contributed by atoms with Crippen LogP contribution >= 0.6 is 0 Å². The second kappa shape index (κ2) is 5.80. The van der Waals surface area contributed by atoms with Crippen LogP contribution in [-0.4, -0.2) is 53.9 Å². The van der Waals surface area contributed by atoms with Gasteiger partial charge in [-0.3, -0.25) is 4.79 Å². The van der Waals surface area contributed by atoms with E-state index in [1.165, 1.54) is 6.42 Å². The lowest BCUT2D eigenvalue weighted by Crippen LogP contribution is -2.49. The average Bonchev–Trinajstić information content (AvgIpc) is 2.73. The summed E-state index contributed by atoms with van der Waals surface area (Å²) in [6, 6.07) is 0.315. The van der Waals surface area contributed by atoms with Crippen molar-refractivity contribution in [2.24, 2.45) is 5.73 Å². The van der Waals surface area contributed by atoms with E-state index >= 15 is 0 Å². The third-order valence-corrected chi connectivity index (χ3v) is 3.79. The highest BCUT2D eigenvalue weighted by molar-refractivity contribution is 5.81. The topological polar surface area (TPSA) is 75.8 Å². The van der Waals surface area contributed by atoms with Gasteiger partial charge in [0, 0.05) is 19.1 Å². The van der Waals surface area contributed by atoms with E-state index in [1.54, 1.807) is 4.90 Å². The molecule has 0 aromatic rings. The molecule has 5 heteroatoms. The molecule has 0 bridgehead atoms. The van der Waals surface area contributed by atoms with Gasteiger partial charge in [-0.25, -0.2) is 0 Å². The molecule has 2 fully saturated rings. The van der Waals surface area contributed by atoms with Gasteiger partial charge in [0.05, 0.1) is 12.7 Å². The lowest BCUT2D eigenvalue weighted by molar-refractivity contribution is -0.147. The Morgan fingerprint density at radius 2 is 2.12 bits per heavy atom. The van der Waals surface area contributed by atoms with Gasteiger partial charge in [-0.05, 0) is 32.1 Å². The van der Waals surface area contributed by atoms with Gasteiger partial charge in [-0.15, -0.1) is 0 Å². The number of amides is 1. The van der Waals surface area contributed by atoms with Crippen molar-refractivity contribution < 1.29 is 14.6 Å². The molecule has 1 saturated heterocycles. The zero-order chi connectivity index (χ0) is 12.3. The number of carbonyl (C=O) groups is 1. The summed E-state index contributed by atoms with van der Waals surface area (Å²) in [5.74, 6) is 0.0414. The Hall–Kier alpha value is -0.650. The molecule has 0 aromatic heterocycles. The predicted octanol–water partition coefficient (Wildman–Crippen LogP) is -0.134. The first kappa shape index (κ1) is 12.8. The van der Waals surface area contributed by atoms with E-state index in [0.29, 0.717) is 19.1 Å². The largest absolute Gasteiger partial charge is 0.395 e. The number of aliphatic hydroxyl groups is 1. The highest BCUT2D eigenvalue weighted by Crippen LogP contribution is 2.28. The van der Waals surface area contributed by atoms with Crippen LogP contribution in [0.25, 0.3) is 0 Å². The maximum absolute atomic E-state index is 12.3. The molecule has 1 aliphatic carbocycles. The number of carbonyl (C=O) groups excluding carboxylic acids is 1. The summed E-state index contributed by atoms with van der Waals surface area (Å²) in [6.45, 7) is 0.930. The molecule has 5 nitrogen and oxygen atoms in total. The van der Waals surface area contributed by atoms with E-state index < -0.39 is 0 Å². The van der Waals surface area contributed by atoms with Crippen LogP contribution < -0.4 is 5.73 Å². The van der Waals surface area contributed by atoms with Gasteiger partial charge in [0.15, 0.2) is 0 Å². The quantitative estimate of drug-likeness (QED) is 0.704. The summed E-state index contributed by atoms with van der Waals surface area (Å²) in [5.41, 5.74) is 5.54. The van der Waals surface area contributed by atoms with Gasteiger partial charge in [0.2, 0.25) is 0 Å². The molecule has 1 amide bonds. The zero-order valence-corrected chi connectivity index (χ0v) is 10.2. The second-order valence-electron chi connectivity index (χ2n) is 4.90. The minimum atomic E-state index is -0.337. The van der Waals surface area contributed by atoms with E-state index in [9.17, 15) is 4.79 Å². The van der Waals surface area contributed by atoms with E-state index in [2.05, 4.69) is 0 Å². The minimum Gasteiger partial charge on any atom is -0.395 e. The monoisotopic (exact) mass is 242 g/mol. The van der Waals surface area contributed by atoms with Crippen molar-refractivity contribution in [3.05, 3.63) is 0 Å². The number of nitrogens with zero attached hydrogens (tertiary/aromatic N) is 1. The fourth-order valence-corrected chi connectivity index (χ4v) is 2.52. The van der Waals surface area contributed by atoms with E-state index in [0.717, 1.165) is 25.7 Å². The fourth-order valence-electron chi connectivity index (χ4n) is 2.52. The first-order chi connectivity index (χ1) is 8.26. The highest BCUT2D eigenvalue weighted by atomic mass is 16.5. The molecular weight excluding hydrogens is 220 g/mol. The van der Waals surface area contributed by atoms with Gasteiger partial charge in [-0.2, -0.15) is 0 Å². The van der Waals surface area contributed by atoms with Crippen LogP contribution in [0, 0.1) is 0 Å². The third kappa shape index (κ3) is 2.78. The second-order valence-corrected chi connectivity index (χ2v) is 4.90. The van der Waals surface area contributed by atoms with Crippen molar-refractivity contribution in [2.45, 2.75) is 50.4 Å². The number of ether oxygens (including phenoxy) is 1. The summed E-state index contributed by atoms with van der Waals surface area (Å²) in [4.78, 5) is 14.1. The van der Waals surface area contributed by atoms with Crippen LogP contribution in [0.15, 0.2) is 0 Å². The maximum Gasteiger partial charge on any atom is 0.252 e. The Bertz CT molecular complexity index is 268. The molecule has 1 saturated carbocycles. The molecule has 17 heavy (non-hydrogen) atoms. The number of nitrogens with two attached hydrogens (primary N) is 1. The van der Waals surface area contributed by atoms with Crippen molar-refractivity contribution in [2.75, 3.05) is 19.7 Å². The first-order valence-electron chi connectivity index (χ1n) is 6.53. The first-order valence-corrected chi connectivity index (χ1v) is 6.53. The molecule has 0 radical (unpaired) electrons. The number of hydrogen-bond acceptors (Lipinski definition) is 4. The highest BCUT2D eigenvalue weighted by Gasteiger charge is 2.36. The molecule has 0 spiro atoms. The Labute approximate surface area is 102 Å². The van der Waals surface area contributed by atoms with E-state index in [1.807, 2.05) is 0 Å². The van der Waals surface area contributed by atoms with Crippen molar-refractivity contribution in [3.8, 4) is 0 Å². The Kier molecular flexibility index (Phi) is 4.36. The minimum absolute atomic E-state index is 0.0231. The molecule has 2 aliphatic rings. The van der Waals surface area contributed by atoms with Crippen LogP contribution in [0.2, 0.25) is 0 Å². The molecule has 0 aromatic carbocycles. The Morgan fingerprint density at radius 1 is 1.35 bits per heavy atom. The number of hydrogen-bond donors (Lipinski definition) is 2. The van der Waals surface area contributed by atoms with Gasteiger partial charge in [0.1, 0.15) is 6.10 Å². The summed E-state index contributed by atoms with van der Waals surface area (Å²) < 4.78 is 5.62. The summed E-state index contributed by atoms with van der Waals surface area (Å²) in [6.07, 6.45) is 4.60. The van der Waals surface area contributed by atoms with Crippen LogP contribution in [-0.2, 0) is 9.53 Å². The molecule has 3 N–H and O–H groups in total. The normalized spacial score (nSPS) is 29.1. The molecule has 98 valence electrons. The van der Waals surface area contributed by atoms with Gasteiger partial charge < -0.3 is 20.5 Å². The Balaban J connectivity index is 1.91. The lowest BCUT2D eigenvalue weighted by atomic mass is 9.91. The number of aliphatic hydroxyl groups excluding tert-OH is 1. The molecule has 1 heterocycles. The maximum atomic E-state index is 12.3. The summed E-state index contributed by atoms with van der Waals surface area (Å²) in [5, 5.41) is 9.04. The Morgan fingerprint density at radius 3 is 2.59 bits per heavy atom. The molecule has 2 rings (SSSR count). The fraction of sp³-hybridized carbons (Fsp3) is 0.917. The zero-order valence-electron chi connectivity index (χ0n) is 10.2. The van der Waals surface area contributed by atoms with E-state index in [4.69, 9.17) is 15.6 Å². The predicted molar refractivity (Wildman–Crippen MR) is 63.4 cm³/mol. The van der Waals surface area contributed by atoms with Gasteiger partial charge >= 0.3 is 0 Å². The van der Waals surface area contributed by atoms with Gasteiger partial charge in [0.25, 0.3) is 5.91 Å².